The summed E-state index contributed by atoms with van der Waals surface area (Å²) in [7, 11) is 0. The van der Waals surface area contributed by atoms with Crippen LogP contribution in [0.1, 0.15) is 29.5 Å². The van der Waals surface area contributed by atoms with Gasteiger partial charge in [-0.15, -0.1) is 0 Å². The second-order valence-electron chi connectivity index (χ2n) is 5.69. The van der Waals surface area contributed by atoms with Gasteiger partial charge in [-0.25, -0.2) is 9.50 Å². The highest BCUT2D eigenvalue weighted by Crippen LogP contribution is 2.34. The summed E-state index contributed by atoms with van der Waals surface area (Å²) in [6.07, 6.45) is -3.98. The minimum Gasteiger partial charge on any atom is -0.351 e. The molecule has 27 heavy (non-hydrogen) atoms. The van der Waals surface area contributed by atoms with E-state index in [0.717, 1.165) is 10.5 Å². The fourth-order valence-corrected chi connectivity index (χ4v) is 3.21. The van der Waals surface area contributed by atoms with Crippen molar-refractivity contribution in [2.45, 2.75) is 19.5 Å². The summed E-state index contributed by atoms with van der Waals surface area (Å²) >= 11 is 6.47. The summed E-state index contributed by atoms with van der Waals surface area (Å²) in [4.78, 5) is 16.5. The first-order chi connectivity index (χ1) is 12.7. The number of nitrogens with one attached hydrogen (secondary N) is 1. The molecular weight excluding hydrogens is 493 g/mol. The third-order valence-electron chi connectivity index (χ3n) is 3.71. The molecule has 1 N–H and O–H groups in total. The number of benzene rings is 1. The Balaban J connectivity index is 2.22. The molecule has 3 rings (SSSR count). The number of rotatable bonds is 4. The maximum atomic E-state index is 13.6. The van der Waals surface area contributed by atoms with Gasteiger partial charge >= 0.3 is 6.18 Å². The van der Waals surface area contributed by atoms with E-state index in [9.17, 15) is 18.0 Å². The summed E-state index contributed by atoms with van der Waals surface area (Å²) in [5.74, 6) is -0.562. The van der Waals surface area contributed by atoms with Gasteiger partial charge in [-0.1, -0.05) is 35.0 Å². The van der Waals surface area contributed by atoms with Gasteiger partial charge in [-0.05, 0) is 40.5 Å². The summed E-state index contributed by atoms with van der Waals surface area (Å²) in [5.41, 5.74) is -0.598. The first kappa shape index (κ1) is 19.8. The van der Waals surface area contributed by atoms with Crippen LogP contribution in [0.2, 0.25) is 0 Å². The number of hydrogen-bond acceptors (Lipinski definition) is 3. The first-order valence-electron chi connectivity index (χ1n) is 7.93. The molecule has 0 aliphatic heterocycles. The highest BCUT2D eigenvalue weighted by Gasteiger charge is 2.36. The van der Waals surface area contributed by atoms with Crippen LogP contribution in [0.3, 0.4) is 0 Å². The SMILES string of the molecule is CCCNC(=O)c1nn2c(C(F)(F)F)cc(-c3ccc(Br)cc3)nc2c1Br. The van der Waals surface area contributed by atoms with Gasteiger partial charge in [0.25, 0.3) is 5.91 Å². The molecule has 2 aromatic heterocycles. The van der Waals surface area contributed by atoms with Crippen LogP contribution in [-0.4, -0.2) is 27.0 Å². The lowest BCUT2D eigenvalue weighted by molar-refractivity contribution is -0.142. The molecule has 0 spiro atoms. The van der Waals surface area contributed by atoms with E-state index in [4.69, 9.17) is 0 Å². The van der Waals surface area contributed by atoms with E-state index in [-0.39, 0.29) is 21.5 Å². The number of fused-ring (bicyclic) bond motifs is 1. The number of alkyl halides is 3. The topological polar surface area (TPSA) is 59.3 Å². The van der Waals surface area contributed by atoms with E-state index < -0.39 is 17.8 Å². The molecule has 0 radical (unpaired) electrons. The average molecular weight is 506 g/mol. The molecule has 0 fully saturated rings. The molecule has 3 aromatic rings. The Labute approximate surface area is 169 Å². The van der Waals surface area contributed by atoms with Crippen molar-refractivity contribution in [2.24, 2.45) is 0 Å². The zero-order valence-corrected chi connectivity index (χ0v) is 17.1. The Morgan fingerprint density at radius 2 is 1.89 bits per heavy atom. The standard InChI is InChI=1S/C17H13Br2F3N4O/c1-2-7-23-16(27)14-13(19)15-24-11(9-3-5-10(18)6-4-9)8-12(17(20,21)22)26(15)25-14/h3-6,8H,2,7H2,1H3,(H,23,27). The molecule has 1 aromatic carbocycles. The van der Waals surface area contributed by atoms with Crippen molar-refractivity contribution in [3.05, 3.63) is 50.7 Å². The Bertz CT molecular complexity index is 1000. The summed E-state index contributed by atoms with van der Waals surface area (Å²) in [5, 5.41) is 6.45. The third-order valence-corrected chi connectivity index (χ3v) is 4.97. The smallest absolute Gasteiger partial charge is 0.351 e. The molecule has 0 bridgehead atoms. The molecule has 1 amide bonds. The predicted octanol–water partition coefficient (Wildman–Crippen LogP) is 5.08. The van der Waals surface area contributed by atoms with Gasteiger partial charge in [0.1, 0.15) is 0 Å². The second-order valence-corrected chi connectivity index (χ2v) is 7.39. The highest BCUT2D eigenvalue weighted by atomic mass is 79.9. The van der Waals surface area contributed by atoms with Crippen LogP contribution >= 0.6 is 31.9 Å². The number of hydrogen-bond donors (Lipinski definition) is 1. The van der Waals surface area contributed by atoms with E-state index in [1.807, 2.05) is 6.92 Å². The summed E-state index contributed by atoms with van der Waals surface area (Å²) in [6, 6.07) is 7.65. The number of nitrogens with zero attached hydrogens (tertiary/aromatic N) is 3. The van der Waals surface area contributed by atoms with E-state index in [2.05, 4.69) is 47.3 Å². The number of aromatic nitrogens is 3. The molecule has 0 aliphatic carbocycles. The van der Waals surface area contributed by atoms with E-state index in [0.29, 0.717) is 23.0 Å². The Morgan fingerprint density at radius 3 is 2.48 bits per heavy atom. The maximum absolute atomic E-state index is 13.6. The number of carbonyl (C=O) groups excluding carboxylic acids is 1. The minimum absolute atomic E-state index is 0.0793. The molecule has 0 unspecified atom stereocenters. The van der Waals surface area contributed by atoms with Gasteiger partial charge in [0.2, 0.25) is 0 Å². The zero-order valence-electron chi connectivity index (χ0n) is 13.9. The lowest BCUT2D eigenvalue weighted by Gasteiger charge is -2.11. The number of amides is 1. The van der Waals surface area contributed by atoms with E-state index in [1.165, 1.54) is 0 Å². The number of carbonyl (C=O) groups is 1. The van der Waals surface area contributed by atoms with Gasteiger partial charge < -0.3 is 5.32 Å². The lowest BCUT2D eigenvalue weighted by Crippen LogP contribution is -2.25. The minimum atomic E-state index is -4.67. The third kappa shape index (κ3) is 4.01. The molecular formula is C17H13Br2F3N4O. The quantitative estimate of drug-likeness (QED) is 0.538. The Morgan fingerprint density at radius 1 is 1.22 bits per heavy atom. The fourth-order valence-electron chi connectivity index (χ4n) is 2.43. The van der Waals surface area contributed by atoms with Crippen molar-refractivity contribution in [2.75, 3.05) is 6.54 Å². The Hall–Kier alpha value is -1.94. The molecule has 10 heteroatoms. The van der Waals surface area contributed by atoms with Crippen molar-refractivity contribution in [3.63, 3.8) is 0 Å². The normalized spacial score (nSPS) is 11.8. The monoisotopic (exact) mass is 504 g/mol. The molecule has 2 heterocycles. The summed E-state index contributed by atoms with van der Waals surface area (Å²) in [6.45, 7) is 2.26. The highest BCUT2D eigenvalue weighted by molar-refractivity contribution is 9.11. The molecule has 0 atom stereocenters. The second kappa shape index (κ2) is 7.59. The van der Waals surface area contributed by atoms with Crippen molar-refractivity contribution >= 4 is 43.4 Å². The van der Waals surface area contributed by atoms with Gasteiger partial charge in [-0.2, -0.15) is 18.3 Å². The van der Waals surface area contributed by atoms with Crippen LogP contribution in [-0.2, 0) is 6.18 Å². The van der Waals surface area contributed by atoms with Crippen LogP contribution in [0.15, 0.2) is 39.3 Å². The molecule has 0 saturated carbocycles. The predicted molar refractivity (Wildman–Crippen MR) is 101 cm³/mol. The van der Waals surface area contributed by atoms with E-state index in [1.54, 1.807) is 24.3 Å². The van der Waals surface area contributed by atoms with Crippen LogP contribution in [0, 0.1) is 0 Å². The van der Waals surface area contributed by atoms with Gasteiger partial charge in [0.15, 0.2) is 17.0 Å². The maximum Gasteiger partial charge on any atom is 0.433 e. The largest absolute Gasteiger partial charge is 0.433 e. The van der Waals surface area contributed by atoms with Crippen LogP contribution in [0.4, 0.5) is 13.2 Å². The number of halogens is 5. The van der Waals surface area contributed by atoms with Crippen molar-refractivity contribution in [3.8, 4) is 11.3 Å². The van der Waals surface area contributed by atoms with Crippen LogP contribution in [0.25, 0.3) is 16.9 Å². The molecule has 0 saturated heterocycles. The molecule has 5 nitrogen and oxygen atoms in total. The van der Waals surface area contributed by atoms with Gasteiger partial charge in [-0.3, -0.25) is 4.79 Å². The zero-order chi connectivity index (χ0) is 19.8. The fraction of sp³-hybridized carbons (Fsp3) is 0.235. The van der Waals surface area contributed by atoms with Crippen LogP contribution in [0.5, 0.6) is 0 Å². The van der Waals surface area contributed by atoms with E-state index >= 15 is 0 Å². The summed E-state index contributed by atoms with van der Waals surface area (Å²) < 4.78 is 42.4. The first-order valence-corrected chi connectivity index (χ1v) is 9.51. The molecule has 0 aliphatic rings. The lowest BCUT2D eigenvalue weighted by atomic mass is 10.1. The van der Waals surface area contributed by atoms with Crippen molar-refractivity contribution < 1.29 is 18.0 Å². The van der Waals surface area contributed by atoms with Crippen molar-refractivity contribution in [1.82, 2.24) is 19.9 Å². The van der Waals surface area contributed by atoms with Gasteiger partial charge in [0.05, 0.1) is 10.2 Å². The Kier molecular flexibility index (Phi) is 5.57. The van der Waals surface area contributed by atoms with Gasteiger partial charge in [0, 0.05) is 16.6 Å². The van der Waals surface area contributed by atoms with Crippen LogP contribution < -0.4 is 5.32 Å². The van der Waals surface area contributed by atoms with Crippen molar-refractivity contribution in [1.29, 1.82) is 0 Å². The molecule has 142 valence electrons. The average Bonchev–Trinajstić information content (AvgIpc) is 2.95.